The highest BCUT2D eigenvalue weighted by molar-refractivity contribution is 6.05. The van der Waals surface area contributed by atoms with E-state index in [0.717, 1.165) is 5.69 Å². The molecule has 2 rings (SSSR count). The Labute approximate surface area is 100 Å². The van der Waals surface area contributed by atoms with E-state index in [1.165, 1.54) is 7.11 Å². The monoisotopic (exact) mass is 233 g/mol. The summed E-state index contributed by atoms with van der Waals surface area (Å²) in [4.78, 5) is 25.4. The van der Waals surface area contributed by atoms with E-state index in [2.05, 4.69) is 4.74 Å². The van der Waals surface area contributed by atoms with Crippen molar-refractivity contribution in [3.63, 3.8) is 0 Å². The maximum atomic E-state index is 12.2. The Bertz CT molecular complexity index is 456. The lowest BCUT2D eigenvalue weighted by Gasteiger charge is -2.31. The Hall–Kier alpha value is -1.84. The molecular weight excluding hydrogens is 218 g/mol. The number of carbonyl (C=O) groups is 2. The van der Waals surface area contributed by atoms with E-state index < -0.39 is 0 Å². The van der Waals surface area contributed by atoms with Crippen molar-refractivity contribution in [1.82, 2.24) is 0 Å². The third kappa shape index (κ3) is 2.16. The minimum Gasteiger partial charge on any atom is -0.469 e. The molecule has 0 fully saturated rings. The summed E-state index contributed by atoms with van der Waals surface area (Å²) in [5, 5.41) is 0. The zero-order valence-corrected chi connectivity index (χ0v) is 9.97. The molecule has 1 aromatic rings. The maximum absolute atomic E-state index is 12.2. The van der Waals surface area contributed by atoms with Crippen molar-refractivity contribution in [2.75, 3.05) is 25.6 Å². The Morgan fingerprint density at radius 2 is 2.18 bits per heavy atom. The van der Waals surface area contributed by atoms with Gasteiger partial charge < -0.3 is 9.64 Å². The van der Waals surface area contributed by atoms with Gasteiger partial charge >= 0.3 is 5.97 Å². The van der Waals surface area contributed by atoms with Gasteiger partial charge in [0.15, 0.2) is 5.78 Å². The van der Waals surface area contributed by atoms with E-state index in [4.69, 9.17) is 0 Å². The molecule has 0 saturated heterocycles. The Morgan fingerprint density at radius 1 is 1.47 bits per heavy atom. The first kappa shape index (κ1) is 11.6. The largest absolute Gasteiger partial charge is 0.469 e. The second kappa shape index (κ2) is 4.57. The molecule has 1 unspecified atom stereocenters. The van der Waals surface area contributed by atoms with Crippen molar-refractivity contribution in [3.8, 4) is 0 Å². The molecule has 0 saturated carbocycles. The highest BCUT2D eigenvalue weighted by Crippen LogP contribution is 2.29. The zero-order valence-electron chi connectivity index (χ0n) is 9.97. The Kier molecular flexibility index (Phi) is 3.13. The van der Waals surface area contributed by atoms with E-state index in [-0.39, 0.29) is 24.1 Å². The first-order chi connectivity index (χ1) is 8.13. The molecule has 4 heteroatoms. The molecular formula is C13H15NO3. The molecule has 1 aliphatic rings. The molecule has 1 aliphatic heterocycles. The lowest BCUT2D eigenvalue weighted by molar-refractivity contribution is -0.141. The molecule has 0 bridgehead atoms. The first-order valence-corrected chi connectivity index (χ1v) is 5.54. The van der Waals surface area contributed by atoms with Crippen molar-refractivity contribution >= 4 is 17.4 Å². The van der Waals surface area contributed by atoms with Crippen LogP contribution in [-0.2, 0) is 9.53 Å². The minimum atomic E-state index is -0.337. The van der Waals surface area contributed by atoms with Gasteiger partial charge in [-0.2, -0.15) is 0 Å². The summed E-state index contributed by atoms with van der Waals surface area (Å²) in [5.74, 6) is -0.609. The number of hydrogen-bond donors (Lipinski definition) is 0. The van der Waals surface area contributed by atoms with E-state index in [1.807, 2.05) is 30.1 Å². The molecule has 1 atom stereocenters. The van der Waals surface area contributed by atoms with Crippen molar-refractivity contribution in [1.29, 1.82) is 0 Å². The lowest BCUT2D eigenvalue weighted by atomic mass is 9.89. The molecule has 0 aromatic heterocycles. The van der Waals surface area contributed by atoms with Gasteiger partial charge in [0.25, 0.3) is 0 Å². The highest BCUT2D eigenvalue weighted by Gasteiger charge is 2.31. The summed E-state index contributed by atoms with van der Waals surface area (Å²) in [6.45, 7) is 0.560. The molecule has 90 valence electrons. The fraction of sp³-hybridized carbons (Fsp3) is 0.385. The summed E-state index contributed by atoms with van der Waals surface area (Å²) in [6, 6.07) is 7.47. The number of ether oxygens (including phenoxy) is 1. The summed E-state index contributed by atoms with van der Waals surface area (Å²) >= 11 is 0. The lowest BCUT2D eigenvalue weighted by Crippen LogP contribution is -2.37. The zero-order chi connectivity index (χ0) is 12.4. The molecule has 0 aliphatic carbocycles. The van der Waals surface area contributed by atoms with Crippen LogP contribution in [0.3, 0.4) is 0 Å². The number of methoxy groups -OCH3 is 1. The van der Waals surface area contributed by atoms with Crippen LogP contribution in [0.4, 0.5) is 5.69 Å². The average Bonchev–Trinajstić information content (AvgIpc) is 2.35. The fourth-order valence-electron chi connectivity index (χ4n) is 2.19. The number of benzene rings is 1. The normalized spacial score (nSPS) is 18.8. The predicted octanol–water partition coefficient (Wildman–Crippen LogP) is 1.50. The minimum absolute atomic E-state index is 0.0316. The molecule has 4 nitrogen and oxygen atoms in total. The number of Topliss-reactive ketones (excluding diaryl/α,β-unsaturated/α-hetero) is 1. The van der Waals surface area contributed by atoms with E-state index >= 15 is 0 Å². The van der Waals surface area contributed by atoms with Crippen LogP contribution in [0.15, 0.2) is 24.3 Å². The van der Waals surface area contributed by atoms with Crippen LogP contribution in [0.2, 0.25) is 0 Å². The van der Waals surface area contributed by atoms with Crippen LogP contribution in [0.5, 0.6) is 0 Å². The summed E-state index contributed by atoms with van der Waals surface area (Å²) in [5.41, 5.74) is 1.62. The van der Waals surface area contributed by atoms with Crippen LogP contribution >= 0.6 is 0 Å². The van der Waals surface area contributed by atoms with Crippen LogP contribution in [0.1, 0.15) is 16.8 Å². The van der Waals surface area contributed by atoms with Crippen molar-refractivity contribution < 1.29 is 14.3 Å². The number of fused-ring (bicyclic) bond motifs is 1. The van der Waals surface area contributed by atoms with Crippen molar-refractivity contribution in [3.05, 3.63) is 29.8 Å². The number of para-hydroxylation sites is 1. The molecule has 0 N–H and O–H groups in total. The molecule has 1 aromatic carbocycles. The van der Waals surface area contributed by atoms with Crippen LogP contribution in [-0.4, -0.2) is 32.5 Å². The van der Waals surface area contributed by atoms with Crippen LogP contribution in [0, 0.1) is 5.92 Å². The van der Waals surface area contributed by atoms with Gasteiger partial charge in [0.05, 0.1) is 19.4 Å². The molecule has 1 heterocycles. The first-order valence-electron chi connectivity index (χ1n) is 5.54. The fourth-order valence-corrected chi connectivity index (χ4v) is 2.19. The maximum Gasteiger partial charge on any atom is 0.306 e. The van der Waals surface area contributed by atoms with Crippen LogP contribution in [0.25, 0.3) is 0 Å². The number of nitrogens with zero attached hydrogens (tertiary/aromatic N) is 1. The third-order valence-corrected chi connectivity index (χ3v) is 3.09. The number of carbonyl (C=O) groups excluding carboxylic acids is 2. The van der Waals surface area contributed by atoms with Gasteiger partial charge in [-0.15, -0.1) is 0 Å². The van der Waals surface area contributed by atoms with Gasteiger partial charge in [-0.1, -0.05) is 12.1 Å². The summed E-state index contributed by atoms with van der Waals surface area (Å²) in [7, 11) is 3.27. The summed E-state index contributed by atoms with van der Waals surface area (Å²) in [6.07, 6.45) is 0.147. The topological polar surface area (TPSA) is 46.6 Å². The smallest absolute Gasteiger partial charge is 0.306 e. The number of anilines is 1. The summed E-state index contributed by atoms with van der Waals surface area (Å²) < 4.78 is 4.61. The molecule has 17 heavy (non-hydrogen) atoms. The number of ketones is 1. The molecule has 0 amide bonds. The molecule has 0 spiro atoms. The highest BCUT2D eigenvalue weighted by atomic mass is 16.5. The van der Waals surface area contributed by atoms with E-state index in [9.17, 15) is 9.59 Å². The van der Waals surface area contributed by atoms with Gasteiger partial charge in [-0.25, -0.2) is 0 Å². The Morgan fingerprint density at radius 3 is 2.88 bits per heavy atom. The van der Waals surface area contributed by atoms with E-state index in [1.54, 1.807) is 6.07 Å². The molecule has 0 radical (unpaired) electrons. The second-order valence-corrected chi connectivity index (χ2v) is 4.24. The predicted molar refractivity (Wildman–Crippen MR) is 64.2 cm³/mol. The van der Waals surface area contributed by atoms with Crippen molar-refractivity contribution in [2.24, 2.45) is 5.92 Å². The second-order valence-electron chi connectivity index (χ2n) is 4.24. The van der Waals surface area contributed by atoms with Gasteiger partial charge in [-0.05, 0) is 12.1 Å². The van der Waals surface area contributed by atoms with Crippen molar-refractivity contribution in [2.45, 2.75) is 6.42 Å². The number of rotatable bonds is 2. The Balaban J connectivity index is 2.27. The van der Waals surface area contributed by atoms with Gasteiger partial charge in [0, 0.05) is 24.8 Å². The third-order valence-electron chi connectivity index (χ3n) is 3.09. The SMILES string of the molecule is COC(=O)CC1CN(C)c2ccccc2C1=O. The quantitative estimate of drug-likeness (QED) is 0.726. The van der Waals surface area contributed by atoms with Crippen LogP contribution < -0.4 is 4.90 Å². The van der Waals surface area contributed by atoms with Gasteiger partial charge in [0.2, 0.25) is 0 Å². The average molecular weight is 233 g/mol. The van der Waals surface area contributed by atoms with Gasteiger partial charge in [0.1, 0.15) is 0 Å². The number of hydrogen-bond acceptors (Lipinski definition) is 4. The standard InChI is InChI=1S/C13H15NO3/c1-14-8-9(7-12(15)17-2)13(16)10-5-3-4-6-11(10)14/h3-6,9H,7-8H2,1-2H3. The van der Waals surface area contributed by atoms with Gasteiger partial charge in [-0.3, -0.25) is 9.59 Å². The van der Waals surface area contributed by atoms with E-state index in [0.29, 0.717) is 12.1 Å². The number of esters is 1.